The lowest BCUT2D eigenvalue weighted by molar-refractivity contribution is -0.137. The van der Waals surface area contributed by atoms with Gasteiger partial charge in [0.15, 0.2) is 6.10 Å². The topological polar surface area (TPSA) is 74.6 Å². The van der Waals surface area contributed by atoms with Crippen molar-refractivity contribution in [2.45, 2.75) is 32.2 Å². The number of nitrogens with one attached hydrogen (secondary N) is 1. The molecule has 0 bridgehead atoms. The van der Waals surface area contributed by atoms with Gasteiger partial charge in [0.1, 0.15) is 11.8 Å². The summed E-state index contributed by atoms with van der Waals surface area (Å²) in [5.41, 5.74) is 0.286. The standard InChI is InChI=1S/C25H28F3N3O3/c1-17(2)23(34-22-6-4-3-5-19(22)15-29)24(32)30-16-21(31-11-13-33-14-12-31)18-7-9-20(10-8-18)25(26,27)28/h3-10,17,21,23H,11-14,16H2,1-2H3,(H,30,32). The number of para-hydroxylation sites is 1. The van der Waals surface area contributed by atoms with Crippen molar-refractivity contribution >= 4 is 5.91 Å². The second-order valence-corrected chi connectivity index (χ2v) is 8.42. The summed E-state index contributed by atoms with van der Waals surface area (Å²) in [4.78, 5) is 15.2. The molecule has 0 aromatic heterocycles. The van der Waals surface area contributed by atoms with Gasteiger partial charge in [0.2, 0.25) is 0 Å². The van der Waals surface area contributed by atoms with Gasteiger partial charge in [0, 0.05) is 19.6 Å². The van der Waals surface area contributed by atoms with Gasteiger partial charge in [-0.05, 0) is 35.7 Å². The van der Waals surface area contributed by atoms with Gasteiger partial charge in [-0.25, -0.2) is 0 Å². The van der Waals surface area contributed by atoms with E-state index < -0.39 is 17.8 Å². The second-order valence-electron chi connectivity index (χ2n) is 8.42. The average molecular weight is 476 g/mol. The number of ether oxygens (including phenoxy) is 2. The van der Waals surface area contributed by atoms with Crippen molar-refractivity contribution in [1.29, 1.82) is 5.26 Å². The van der Waals surface area contributed by atoms with Gasteiger partial charge in [-0.3, -0.25) is 9.69 Å². The quantitative estimate of drug-likeness (QED) is 0.620. The minimum Gasteiger partial charge on any atom is -0.479 e. The largest absolute Gasteiger partial charge is 0.479 e. The van der Waals surface area contributed by atoms with Crippen molar-refractivity contribution in [1.82, 2.24) is 10.2 Å². The molecule has 1 amide bonds. The highest BCUT2D eigenvalue weighted by Crippen LogP contribution is 2.31. The maximum atomic E-state index is 13.1. The first-order valence-electron chi connectivity index (χ1n) is 11.1. The van der Waals surface area contributed by atoms with Crippen molar-refractivity contribution in [3.63, 3.8) is 0 Å². The first-order valence-corrected chi connectivity index (χ1v) is 11.1. The van der Waals surface area contributed by atoms with Crippen molar-refractivity contribution in [3.8, 4) is 11.8 Å². The Morgan fingerprint density at radius 2 is 1.79 bits per heavy atom. The minimum atomic E-state index is -4.41. The SMILES string of the molecule is CC(C)C(Oc1ccccc1C#N)C(=O)NCC(c1ccc(C(F)(F)F)cc1)N1CCOCC1. The summed E-state index contributed by atoms with van der Waals surface area (Å²) in [7, 11) is 0. The number of benzene rings is 2. The number of morpholine rings is 1. The molecule has 0 aliphatic carbocycles. The van der Waals surface area contributed by atoms with Gasteiger partial charge in [-0.1, -0.05) is 38.1 Å². The number of hydrogen-bond donors (Lipinski definition) is 1. The summed E-state index contributed by atoms with van der Waals surface area (Å²) in [6.45, 7) is 6.09. The zero-order chi connectivity index (χ0) is 24.7. The van der Waals surface area contributed by atoms with Crippen molar-refractivity contribution < 1.29 is 27.4 Å². The molecule has 6 nitrogen and oxygen atoms in total. The molecule has 1 aliphatic rings. The number of halogens is 3. The van der Waals surface area contributed by atoms with Gasteiger partial charge in [0.25, 0.3) is 5.91 Å². The predicted octanol–water partition coefficient (Wildman–Crippen LogP) is 4.17. The number of amides is 1. The van der Waals surface area contributed by atoms with E-state index in [1.165, 1.54) is 12.1 Å². The van der Waals surface area contributed by atoms with E-state index in [0.717, 1.165) is 12.1 Å². The highest BCUT2D eigenvalue weighted by molar-refractivity contribution is 5.81. The van der Waals surface area contributed by atoms with E-state index in [-0.39, 0.29) is 24.4 Å². The first kappa shape index (κ1) is 25.5. The molecule has 34 heavy (non-hydrogen) atoms. The van der Waals surface area contributed by atoms with E-state index in [1.807, 2.05) is 13.8 Å². The molecule has 3 rings (SSSR count). The fraction of sp³-hybridized carbons (Fsp3) is 0.440. The van der Waals surface area contributed by atoms with E-state index >= 15 is 0 Å². The fourth-order valence-corrected chi connectivity index (χ4v) is 3.83. The lowest BCUT2D eigenvalue weighted by Gasteiger charge is -2.35. The molecule has 1 fully saturated rings. The molecule has 2 unspecified atom stereocenters. The Kier molecular flexibility index (Phi) is 8.53. The van der Waals surface area contributed by atoms with Crippen LogP contribution in [0.3, 0.4) is 0 Å². The van der Waals surface area contributed by atoms with E-state index in [2.05, 4.69) is 16.3 Å². The summed E-state index contributed by atoms with van der Waals surface area (Å²) in [6, 6.07) is 13.4. The number of rotatable bonds is 8. The molecule has 182 valence electrons. The molecule has 2 aromatic rings. The summed E-state index contributed by atoms with van der Waals surface area (Å²) in [5.74, 6) is -0.209. The van der Waals surface area contributed by atoms with Gasteiger partial charge >= 0.3 is 6.18 Å². The zero-order valence-corrected chi connectivity index (χ0v) is 19.1. The van der Waals surface area contributed by atoms with Crippen LogP contribution in [0.2, 0.25) is 0 Å². The minimum absolute atomic E-state index is 0.181. The first-order chi connectivity index (χ1) is 16.2. The summed E-state index contributed by atoms with van der Waals surface area (Å²) < 4.78 is 50.3. The number of nitrogens with zero attached hydrogens (tertiary/aromatic N) is 2. The van der Waals surface area contributed by atoms with Crippen LogP contribution in [0.15, 0.2) is 48.5 Å². The third kappa shape index (κ3) is 6.49. The normalized spacial score (nSPS) is 16.5. The molecule has 1 aliphatic heterocycles. The smallest absolute Gasteiger partial charge is 0.416 e. The molecular weight excluding hydrogens is 447 g/mol. The second kappa shape index (κ2) is 11.4. The van der Waals surface area contributed by atoms with Crippen LogP contribution in [0.5, 0.6) is 5.75 Å². The third-order valence-corrected chi connectivity index (χ3v) is 5.70. The number of carbonyl (C=O) groups is 1. The maximum absolute atomic E-state index is 13.1. The van der Waals surface area contributed by atoms with Crippen molar-refractivity contribution in [2.24, 2.45) is 5.92 Å². The summed E-state index contributed by atoms with van der Waals surface area (Å²) >= 11 is 0. The lowest BCUT2D eigenvalue weighted by Crippen LogP contribution is -2.47. The van der Waals surface area contributed by atoms with Crippen molar-refractivity contribution in [3.05, 3.63) is 65.2 Å². The third-order valence-electron chi connectivity index (χ3n) is 5.70. The van der Waals surface area contributed by atoms with Crippen molar-refractivity contribution in [2.75, 3.05) is 32.8 Å². The fourth-order valence-electron chi connectivity index (χ4n) is 3.83. The highest BCUT2D eigenvalue weighted by atomic mass is 19.4. The number of nitriles is 1. The van der Waals surface area contributed by atoms with Crippen LogP contribution in [0.25, 0.3) is 0 Å². The average Bonchev–Trinajstić information content (AvgIpc) is 2.83. The van der Waals surface area contributed by atoms with Crippen LogP contribution in [0.1, 0.15) is 36.6 Å². The monoisotopic (exact) mass is 475 g/mol. The molecular formula is C25H28F3N3O3. The number of alkyl halides is 3. The number of carbonyl (C=O) groups excluding carboxylic acids is 1. The Hall–Kier alpha value is -3.09. The molecule has 0 radical (unpaired) electrons. The molecule has 2 aromatic carbocycles. The Morgan fingerprint density at radius 1 is 1.15 bits per heavy atom. The van der Waals surface area contributed by atoms with Gasteiger partial charge in [-0.2, -0.15) is 18.4 Å². The summed E-state index contributed by atoms with van der Waals surface area (Å²) in [6.07, 6.45) is -5.25. The molecule has 1 saturated heterocycles. The van der Waals surface area contributed by atoms with Crippen LogP contribution in [-0.4, -0.2) is 49.8 Å². The van der Waals surface area contributed by atoms with E-state index in [4.69, 9.17) is 9.47 Å². The molecule has 1 N–H and O–H groups in total. The van der Waals surface area contributed by atoms with Crippen LogP contribution in [0.4, 0.5) is 13.2 Å². The molecule has 0 saturated carbocycles. The highest BCUT2D eigenvalue weighted by Gasteiger charge is 2.32. The lowest BCUT2D eigenvalue weighted by atomic mass is 10.0. The maximum Gasteiger partial charge on any atom is 0.416 e. The zero-order valence-electron chi connectivity index (χ0n) is 19.1. The Bertz CT molecular complexity index is 997. The molecule has 1 heterocycles. The Labute approximate surface area is 197 Å². The van der Waals surface area contributed by atoms with Gasteiger partial charge in [0.05, 0.1) is 30.4 Å². The van der Waals surface area contributed by atoms with E-state index in [0.29, 0.717) is 43.2 Å². The van der Waals surface area contributed by atoms with Crippen LogP contribution >= 0.6 is 0 Å². The van der Waals surface area contributed by atoms with Crippen LogP contribution < -0.4 is 10.1 Å². The Balaban J connectivity index is 1.76. The van der Waals surface area contributed by atoms with E-state index in [1.54, 1.807) is 24.3 Å². The molecule has 9 heteroatoms. The van der Waals surface area contributed by atoms with Crippen LogP contribution in [0, 0.1) is 17.2 Å². The van der Waals surface area contributed by atoms with Gasteiger partial charge < -0.3 is 14.8 Å². The predicted molar refractivity (Wildman–Crippen MR) is 120 cm³/mol. The summed E-state index contributed by atoms with van der Waals surface area (Å²) in [5, 5.41) is 12.2. The number of hydrogen-bond acceptors (Lipinski definition) is 5. The van der Waals surface area contributed by atoms with Gasteiger partial charge in [-0.15, -0.1) is 0 Å². The van der Waals surface area contributed by atoms with Crippen LogP contribution in [-0.2, 0) is 15.7 Å². The molecule has 2 atom stereocenters. The molecule has 0 spiro atoms. The van der Waals surface area contributed by atoms with E-state index in [9.17, 15) is 23.2 Å². The Morgan fingerprint density at radius 3 is 2.38 bits per heavy atom.